The molecule has 1 atom stereocenters. The number of amides is 1. The SMILES string of the molecule is CC(C)CC(NC(=O)C(=O)c1cccn1C)c1cccnc1. The summed E-state index contributed by atoms with van der Waals surface area (Å²) in [5, 5.41) is 2.84. The van der Waals surface area contributed by atoms with Crippen LogP contribution in [0.4, 0.5) is 0 Å². The lowest BCUT2D eigenvalue weighted by molar-refractivity contribution is -0.117. The maximum Gasteiger partial charge on any atom is 0.294 e. The summed E-state index contributed by atoms with van der Waals surface area (Å²) < 4.78 is 1.64. The first kappa shape index (κ1) is 15.9. The molecule has 0 spiro atoms. The molecule has 0 aliphatic heterocycles. The minimum absolute atomic E-state index is 0.217. The molecule has 116 valence electrons. The normalized spacial score (nSPS) is 12.2. The van der Waals surface area contributed by atoms with Crippen LogP contribution in [-0.2, 0) is 11.8 Å². The molecule has 0 saturated carbocycles. The van der Waals surface area contributed by atoms with Crippen LogP contribution in [0.15, 0.2) is 42.9 Å². The van der Waals surface area contributed by atoms with Crippen molar-refractivity contribution in [1.82, 2.24) is 14.9 Å². The maximum absolute atomic E-state index is 12.3. The number of aryl methyl sites for hydroxylation is 1. The molecule has 0 saturated heterocycles. The van der Waals surface area contributed by atoms with E-state index in [1.54, 1.807) is 42.3 Å². The van der Waals surface area contributed by atoms with Crippen molar-refractivity contribution in [1.29, 1.82) is 0 Å². The van der Waals surface area contributed by atoms with Crippen molar-refractivity contribution >= 4 is 11.7 Å². The average Bonchev–Trinajstić information content (AvgIpc) is 2.92. The summed E-state index contributed by atoms with van der Waals surface area (Å²) in [4.78, 5) is 28.6. The Bertz CT molecular complexity index is 647. The zero-order valence-electron chi connectivity index (χ0n) is 13.1. The molecule has 5 nitrogen and oxygen atoms in total. The molecule has 0 bridgehead atoms. The molecule has 2 rings (SSSR count). The number of carbonyl (C=O) groups excluding carboxylic acids is 2. The van der Waals surface area contributed by atoms with E-state index in [1.807, 2.05) is 12.1 Å². The van der Waals surface area contributed by atoms with E-state index in [0.717, 1.165) is 12.0 Å². The van der Waals surface area contributed by atoms with Crippen LogP contribution in [0.25, 0.3) is 0 Å². The van der Waals surface area contributed by atoms with E-state index in [2.05, 4.69) is 24.1 Å². The molecule has 0 aliphatic rings. The van der Waals surface area contributed by atoms with Gasteiger partial charge in [0.25, 0.3) is 11.7 Å². The summed E-state index contributed by atoms with van der Waals surface area (Å²) in [5.74, 6) is -0.725. The molecule has 0 radical (unpaired) electrons. The van der Waals surface area contributed by atoms with E-state index >= 15 is 0 Å². The molecular weight excluding hydrogens is 278 g/mol. The lowest BCUT2D eigenvalue weighted by Crippen LogP contribution is -2.35. The predicted molar refractivity (Wildman–Crippen MR) is 84.3 cm³/mol. The average molecular weight is 299 g/mol. The second kappa shape index (κ2) is 7.02. The van der Waals surface area contributed by atoms with Crippen molar-refractivity contribution < 1.29 is 9.59 Å². The van der Waals surface area contributed by atoms with Crippen molar-refractivity contribution in [3.05, 3.63) is 54.1 Å². The van der Waals surface area contributed by atoms with Gasteiger partial charge in [0.05, 0.1) is 11.7 Å². The number of ketones is 1. The van der Waals surface area contributed by atoms with Crippen LogP contribution in [0, 0.1) is 5.92 Å². The lowest BCUT2D eigenvalue weighted by Gasteiger charge is -2.20. The molecule has 2 aromatic rings. The minimum Gasteiger partial charge on any atom is -0.348 e. The zero-order chi connectivity index (χ0) is 16.1. The van der Waals surface area contributed by atoms with E-state index in [1.165, 1.54) is 0 Å². The highest BCUT2D eigenvalue weighted by atomic mass is 16.2. The Morgan fingerprint density at radius 3 is 2.59 bits per heavy atom. The first-order chi connectivity index (χ1) is 10.5. The molecule has 1 unspecified atom stereocenters. The first-order valence-electron chi connectivity index (χ1n) is 7.35. The highest BCUT2D eigenvalue weighted by molar-refractivity contribution is 6.42. The molecule has 0 fully saturated rings. The third kappa shape index (κ3) is 3.81. The third-order valence-corrected chi connectivity index (χ3v) is 3.48. The Labute approximate surface area is 130 Å². The Balaban J connectivity index is 2.15. The highest BCUT2D eigenvalue weighted by Gasteiger charge is 2.23. The Morgan fingerprint density at radius 1 is 1.27 bits per heavy atom. The molecule has 0 aliphatic carbocycles. The number of Topliss-reactive ketones (excluding diaryl/α,β-unsaturated/α-hetero) is 1. The van der Waals surface area contributed by atoms with Gasteiger partial charge in [-0.25, -0.2) is 0 Å². The van der Waals surface area contributed by atoms with E-state index in [4.69, 9.17) is 0 Å². The molecule has 2 heterocycles. The standard InChI is InChI=1S/C17H21N3O2/c1-12(2)10-14(13-6-4-8-18-11-13)19-17(22)16(21)15-7-5-9-20(15)3/h4-9,11-12,14H,10H2,1-3H3,(H,19,22). The topological polar surface area (TPSA) is 64.0 Å². The van der Waals surface area contributed by atoms with Crippen LogP contribution < -0.4 is 5.32 Å². The number of nitrogens with zero attached hydrogens (tertiary/aromatic N) is 2. The smallest absolute Gasteiger partial charge is 0.294 e. The summed E-state index contributed by atoms with van der Waals surface area (Å²) >= 11 is 0. The van der Waals surface area contributed by atoms with Crippen molar-refractivity contribution in [2.24, 2.45) is 13.0 Å². The summed E-state index contributed by atoms with van der Waals surface area (Å²) in [6.45, 7) is 4.16. The number of aromatic nitrogens is 2. The maximum atomic E-state index is 12.3. The fourth-order valence-corrected chi connectivity index (χ4v) is 2.37. The number of hydrogen-bond donors (Lipinski definition) is 1. The van der Waals surface area contributed by atoms with E-state index < -0.39 is 11.7 Å². The molecule has 1 amide bonds. The second-order valence-corrected chi connectivity index (χ2v) is 5.78. The van der Waals surface area contributed by atoms with Gasteiger partial charge in [0.1, 0.15) is 0 Å². The largest absolute Gasteiger partial charge is 0.348 e. The van der Waals surface area contributed by atoms with Crippen LogP contribution in [0.5, 0.6) is 0 Å². The van der Waals surface area contributed by atoms with Gasteiger partial charge in [-0.1, -0.05) is 19.9 Å². The van der Waals surface area contributed by atoms with Crippen molar-refractivity contribution in [3.63, 3.8) is 0 Å². The number of pyridine rings is 1. The van der Waals surface area contributed by atoms with Gasteiger partial charge in [0, 0.05) is 25.6 Å². The van der Waals surface area contributed by atoms with Crippen LogP contribution >= 0.6 is 0 Å². The summed E-state index contributed by atoms with van der Waals surface area (Å²) in [7, 11) is 1.74. The van der Waals surface area contributed by atoms with Crippen molar-refractivity contribution in [3.8, 4) is 0 Å². The van der Waals surface area contributed by atoms with Gasteiger partial charge < -0.3 is 9.88 Å². The second-order valence-electron chi connectivity index (χ2n) is 5.78. The molecule has 0 aromatic carbocycles. The van der Waals surface area contributed by atoms with Gasteiger partial charge in [-0.2, -0.15) is 0 Å². The van der Waals surface area contributed by atoms with Gasteiger partial charge >= 0.3 is 0 Å². The Hall–Kier alpha value is -2.43. The van der Waals surface area contributed by atoms with E-state index in [-0.39, 0.29) is 6.04 Å². The summed E-state index contributed by atoms with van der Waals surface area (Å²) in [5.41, 5.74) is 1.29. The monoisotopic (exact) mass is 299 g/mol. The summed E-state index contributed by atoms with van der Waals surface area (Å²) in [6, 6.07) is 6.91. The third-order valence-electron chi connectivity index (χ3n) is 3.48. The highest BCUT2D eigenvalue weighted by Crippen LogP contribution is 2.20. The zero-order valence-corrected chi connectivity index (χ0v) is 13.1. The first-order valence-corrected chi connectivity index (χ1v) is 7.35. The van der Waals surface area contributed by atoms with Gasteiger partial charge in [0.15, 0.2) is 0 Å². The minimum atomic E-state index is -0.587. The molecular formula is C17H21N3O2. The van der Waals surface area contributed by atoms with Gasteiger partial charge in [0.2, 0.25) is 0 Å². The van der Waals surface area contributed by atoms with Gasteiger partial charge in [-0.05, 0) is 36.1 Å². The predicted octanol–water partition coefficient (Wildman–Crippen LogP) is 2.51. The molecule has 2 aromatic heterocycles. The summed E-state index contributed by atoms with van der Waals surface area (Å²) in [6.07, 6.45) is 5.90. The Kier molecular flexibility index (Phi) is 5.09. The van der Waals surface area contributed by atoms with E-state index in [9.17, 15) is 9.59 Å². The van der Waals surface area contributed by atoms with Crippen LogP contribution in [0.3, 0.4) is 0 Å². The quantitative estimate of drug-likeness (QED) is 0.658. The molecule has 1 N–H and O–H groups in total. The number of hydrogen-bond acceptors (Lipinski definition) is 3. The van der Waals surface area contributed by atoms with E-state index in [0.29, 0.717) is 11.6 Å². The van der Waals surface area contributed by atoms with Crippen LogP contribution in [0.2, 0.25) is 0 Å². The number of carbonyl (C=O) groups is 2. The number of nitrogens with one attached hydrogen (secondary N) is 1. The molecule has 5 heteroatoms. The number of rotatable bonds is 6. The van der Waals surface area contributed by atoms with Crippen LogP contribution in [0.1, 0.15) is 42.4 Å². The Morgan fingerprint density at radius 2 is 2.05 bits per heavy atom. The van der Waals surface area contributed by atoms with Gasteiger partial charge in [-0.15, -0.1) is 0 Å². The molecule has 22 heavy (non-hydrogen) atoms. The lowest BCUT2D eigenvalue weighted by atomic mass is 9.98. The van der Waals surface area contributed by atoms with Gasteiger partial charge in [-0.3, -0.25) is 14.6 Å². The van der Waals surface area contributed by atoms with Crippen molar-refractivity contribution in [2.45, 2.75) is 26.3 Å². The fourth-order valence-electron chi connectivity index (χ4n) is 2.37. The van der Waals surface area contributed by atoms with Crippen LogP contribution in [-0.4, -0.2) is 21.2 Å². The van der Waals surface area contributed by atoms with Crippen molar-refractivity contribution in [2.75, 3.05) is 0 Å². The fraction of sp³-hybridized carbons (Fsp3) is 0.353.